The van der Waals surface area contributed by atoms with Crippen LogP contribution in [0, 0.1) is 0 Å². The number of fused-ring (bicyclic) bond motifs is 1. The Balaban J connectivity index is 1.83. The number of ether oxygens (including phenoxy) is 3. The van der Waals surface area contributed by atoms with Crippen molar-refractivity contribution in [1.82, 2.24) is 9.88 Å². The fourth-order valence-corrected chi connectivity index (χ4v) is 3.37. The van der Waals surface area contributed by atoms with Gasteiger partial charge < -0.3 is 19.5 Å². The Morgan fingerprint density at radius 3 is 2.75 bits per heavy atom. The maximum absolute atomic E-state index is 5.52. The predicted molar refractivity (Wildman–Crippen MR) is 98.3 cm³/mol. The summed E-state index contributed by atoms with van der Waals surface area (Å²) in [4.78, 5) is 6.92. The van der Waals surface area contributed by atoms with Crippen molar-refractivity contribution in [3.63, 3.8) is 0 Å². The number of anilines is 1. The van der Waals surface area contributed by atoms with Crippen LogP contribution in [0.3, 0.4) is 0 Å². The van der Waals surface area contributed by atoms with E-state index in [1.807, 2.05) is 12.1 Å². The van der Waals surface area contributed by atoms with Gasteiger partial charge in [-0.1, -0.05) is 0 Å². The first-order valence-electron chi connectivity index (χ1n) is 7.97. The number of pyridine rings is 1. The summed E-state index contributed by atoms with van der Waals surface area (Å²) < 4.78 is 17.2. The molecule has 2 heterocycles. The Morgan fingerprint density at radius 1 is 1.25 bits per heavy atom. The largest absolute Gasteiger partial charge is 0.497 e. The molecule has 1 fully saturated rings. The number of hydrogen-bond acceptors (Lipinski definition) is 6. The highest BCUT2D eigenvalue weighted by Gasteiger charge is 2.14. The van der Waals surface area contributed by atoms with Crippen molar-refractivity contribution in [2.45, 2.75) is 0 Å². The molecule has 0 aliphatic carbocycles. The van der Waals surface area contributed by atoms with Crippen molar-refractivity contribution in [2.24, 2.45) is 0 Å². The predicted octanol–water partition coefficient (Wildman–Crippen LogP) is 2.76. The van der Waals surface area contributed by atoms with E-state index in [9.17, 15) is 0 Å². The lowest BCUT2D eigenvalue weighted by Gasteiger charge is -2.26. The number of hydrogen-bond donors (Lipinski definition) is 1. The van der Waals surface area contributed by atoms with Gasteiger partial charge in [-0.15, -0.1) is 0 Å². The summed E-state index contributed by atoms with van der Waals surface area (Å²) >= 11 is 3.57. The third kappa shape index (κ3) is 3.74. The molecule has 1 aliphatic heterocycles. The SMILES string of the molecule is COc1cc(OC)c2c(Br)cnc(NCCN3CCOCC3)c2c1. The van der Waals surface area contributed by atoms with E-state index in [0.717, 1.165) is 72.0 Å². The first-order chi connectivity index (χ1) is 11.7. The number of rotatable bonds is 6. The van der Waals surface area contributed by atoms with Gasteiger partial charge in [0.15, 0.2) is 0 Å². The van der Waals surface area contributed by atoms with Crippen LogP contribution in [0.1, 0.15) is 0 Å². The summed E-state index contributed by atoms with van der Waals surface area (Å²) in [7, 11) is 3.31. The number of methoxy groups -OCH3 is 2. The smallest absolute Gasteiger partial charge is 0.134 e. The van der Waals surface area contributed by atoms with E-state index in [1.165, 1.54) is 0 Å². The van der Waals surface area contributed by atoms with E-state index in [0.29, 0.717) is 0 Å². The van der Waals surface area contributed by atoms with Crippen molar-refractivity contribution >= 4 is 32.5 Å². The summed E-state index contributed by atoms with van der Waals surface area (Å²) in [6, 6.07) is 3.86. The van der Waals surface area contributed by atoms with Crippen LogP contribution in [0.4, 0.5) is 5.82 Å². The van der Waals surface area contributed by atoms with Gasteiger partial charge in [-0.25, -0.2) is 4.98 Å². The lowest BCUT2D eigenvalue weighted by atomic mass is 10.1. The first kappa shape index (κ1) is 17.3. The van der Waals surface area contributed by atoms with Gasteiger partial charge in [0.2, 0.25) is 0 Å². The van der Waals surface area contributed by atoms with Crippen LogP contribution in [0.15, 0.2) is 22.8 Å². The Hall–Kier alpha value is -1.57. The fraction of sp³-hybridized carbons (Fsp3) is 0.471. The number of nitrogens with one attached hydrogen (secondary N) is 1. The Labute approximate surface area is 150 Å². The minimum absolute atomic E-state index is 0.746. The number of nitrogens with zero attached hydrogens (tertiary/aromatic N) is 2. The molecule has 6 nitrogen and oxygen atoms in total. The molecule has 0 unspecified atom stereocenters. The lowest BCUT2D eigenvalue weighted by molar-refractivity contribution is 0.0398. The van der Waals surface area contributed by atoms with Gasteiger partial charge in [-0.05, 0) is 22.0 Å². The van der Waals surface area contributed by atoms with Gasteiger partial charge in [-0.3, -0.25) is 4.90 Å². The molecule has 1 aromatic carbocycles. The van der Waals surface area contributed by atoms with Crippen molar-refractivity contribution in [3.05, 3.63) is 22.8 Å². The molecule has 7 heteroatoms. The molecule has 130 valence electrons. The molecular formula is C17H22BrN3O3. The molecule has 24 heavy (non-hydrogen) atoms. The molecule has 0 spiro atoms. The zero-order valence-electron chi connectivity index (χ0n) is 14.0. The van der Waals surface area contributed by atoms with Gasteiger partial charge in [0.25, 0.3) is 0 Å². The topological polar surface area (TPSA) is 55.9 Å². The molecule has 0 bridgehead atoms. The Kier molecular flexibility index (Phi) is 5.76. The maximum atomic E-state index is 5.52. The summed E-state index contributed by atoms with van der Waals surface area (Å²) in [5.41, 5.74) is 0. The molecular weight excluding hydrogens is 374 g/mol. The van der Waals surface area contributed by atoms with Crippen molar-refractivity contribution < 1.29 is 14.2 Å². The van der Waals surface area contributed by atoms with E-state index in [-0.39, 0.29) is 0 Å². The maximum Gasteiger partial charge on any atom is 0.134 e. The van der Waals surface area contributed by atoms with Gasteiger partial charge in [0.1, 0.15) is 17.3 Å². The quantitative estimate of drug-likeness (QED) is 0.811. The fourth-order valence-electron chi connectivity index (χ4n) is 2.86. The van der Waals surface area contributed by atoms with E-state index < -0.39 is 0 Å². The summed E-state index contributed by atoms with van der Waals surface area (Å²) in [5.74, 6) is 2.34. The number of halogens is 1. The highest BCUT2D eigenvalue weighted by molar-refractivity contribution is 9.10. The average Bonchev–Trinajstić information content (AvgIpc) is 2.63. The highest BCUT2D eigenvalue weighted by atomic mass is 79.9. The first-order valence-corrected chi connectivity index (χ1v) is 8.76. The second-order valence-electron chi connectivity index (χ2n) is 5.59. The standard InChI is InChI=1S/C17H22BrN3O3/c1-22-12-9-13-16(15(10-12)23-2)14(18)11-20-17(13)19-3-4-21-5-7-24-8-6-21/h9-11H,3-8H2,1-2H3,(H,19,20). The monoisotopic (exact) mass is 395 g/mol. The molecule has 1 saturated heterocycles. The molecule has 1 N–H and O–H groups in total. The van der Waals surface area contributed by atoms with Crippen LogP contribution in [-0.4, -0.2) is 63.5 Å². The zero-order valence-corrected chi connectivity index (χ0v) is 15.6. The summed E-state index contributed by atoms with van der Waals surface area (Å²) in [5, 5.41) is 5.40. The molecule has 1 aliphatic rings. The van der Waals surface area contributed by atoms with Crippen LogP contribution < -0.4 is 14.8 Å². The van der Waals surface area contributed by atoms with Crippen LogP contribution in [0.2, 0.25) is 0 Å². The van der Waals surface area contributed by atoms with Crippen LogP contribution >= 0.6 is 15.9 Å². The van der Waals surface area contributed by atoms with Crippen molar-refractivity contribution in [2.75, 3.05) is 58.9 Å². The second kappa shape index (κ2) is 8.00. The minimum Gasteiger partial charge on any atom is -0.497 e. The van der Waals surface area contributed by atoms with E-state index in [1.54, 1.807) is 20.4 Å². The lowest BCUT2D eigenvalue weighted by Crippen LogP contribution is -2.39. The third-order valence-corrected chi connectivity index (χ3v) is 4.76. The average molecular weight is 396 g/mol. The minimum atomic E-state index is 0.746. The molecule has 0 radical (unpaired) electrons. The van der Waals surface area contributed by atoms with Crippen molar-refractivity contribution in [1.29, 1.82) is 0 Å². The van der Waals surface area contributed by atoms with E-state index in [4.69, 9.17) is 14.2 Å². The van der Waals surface area contributed by atoms with Crippen LogP contribution in [-0.2, 0) is 4.74 Å². The second-order valence-corrected chi connectivity index (χ2v) is 6.44. The molecule has 2 aromatic rings. The van der Waals surface area contributed by atoms with E-state index in [2.05, 4.69) is 31.1 Å². The Bertz CT molecular complexity index is 705. The van der Waals surface area contributed by atoms with Gasteiger partial charge >= 0.3 is 0 Å². The number of aromatic nitrogens is 1. The van der Waals surface area contributed by atoms with Crippen LogP contribution in [0.5, 0.6) is 11.5 Å². The summed E-state index contributed by atoms with van der Waals surface area (Å²) in [6.45, 7) is 5.38. The molecule has 1 aromatic heterocycles. The van der Waals surface area contributed by atoms with Gasteiger partial charge in [-0.2, -0.15) is 0 Å². The van der Waals surface area contributed by atoms with Gasteiger partial charge in [0, 0.05) is 53.7 Å². The third-order valence-electron chi connectivity index (χ3n) is 4.16. The number of benzene rings is 1. The molecule has 3 rings (SSSR count). The van der Waals surface area contributed by atoms with Gasteiger partial charge in [0.05, 0.1) is 27.4 Å². The van der Waals surface area contributed by atoms with E-state index >= 15 is 0 Å². The molecule has 0 saturated carbocycles. The number of morpholine rings is 1. The molecule has 0 amide bonds. The Morgan fingerprint density at radius 2 is 2.04 bits per heavy atom. The highest BCUT2D eigenvalue weighted by Crippen LogP contribution is 2.38. The van der Waals surface area contributed by atoms with Crippen molar-refractivity contribution in [3.8, 4) is 11.5 Å². The van der Waals surface area contributed by atoms with Crippen LogP contribution in [0.25, 0.3) is 10.8 Å². The summed E-state index contributed by atoms with van der Waals surface area (Å²) in [6.07, 6.45) is 1.80. The zero-order chi connectivity index (χ0) is 16.9. The molecule has 0 atom stereocenters. The normalized spacial score (nSPS) is 15.5.